The molecule has 0 spiro atoms. The number of thioether (sulfide) groups is 2. The quantitative estimate of drug-likeness (QED) is 0.434. The van der Waals surface area contributed by atoms with Crippen LogP contribution in [-0.2, 0) is 9.59 Å². The third-order valence-corrected chi connectivity index (χ3v) is 6.10. The van der Waals surface area contributed by atoms with Crippen LogP contribution in [0.15, 0.2) is 92.4 Å². The molecule has 0 heterocycles. The predicted molar refractivity (Wildman–Crippen MR) is 108 cm³/mol. The molecular weight excluding hydrogens is 368 g/mol. The van der Waals surface area contributed by atoms with Crippen molar-refractivity contribution in [2.45, 2.75) is 33.4 Å². The van der Waals surface area contributed by atoms with Crippen molar-refractivity contribution in [1.82, 2.24) is 0 Å². The van der Waals surface area contributed by atoms with Crippen molar-refractivity contribution < 1.29 is 9.59 Å². The van der Waals surface area contributed by atoms with E-state index in [1.807, 2.05) is 48.5 Å². The molecule has 0 unspecified atom stereocenters. The summed E-state index contributed by atoms with van der Waals surface area (Å²) in [5.41, 5.74) is 1.10. The second-order valence-corrected chi connectivity index (χ2v) is 8.62. The summed E-state index contributed by atoms with van der Waals surface area (Å²) in [6.07, 6.45) is 0. The molecule has 0 aromatic heterocycles. The van der Waals surface area contributed by atoms with Gasteiger partial charge in [-0.3, -0.25) is 9.59 Å². The van der Waals surface area contributed by atoms with E-state index in [0.29, 0.717) is 11.1 Å². The fraction of sp³-hybridized carbons (Fsp3) is 0.100. The van der Waals surface area contributed by atoms with Crippen molar-refractivity contribution in [2.24, 2.45) is 0 Å². The Labute approximate surface area is 161 Å². The normalized spacial score (nSPS) is 10.3. The summed E-state index contributed by atoms with van der Waals surface area (Å²) in [6.45, 7) is 10.7. The smallest absolute Gasteiger partial charge is 0.219 e. The Balaban J connectivity index is 1.98. The van der Waals surface area contributed by atoms with Gasteiger partial charge in [-0.25, -0.2) is 0 Å². The molecule has 0 atom stereocenters. The number of benzene rings is 2. The SMILES string of the molecule is C=C(C)C(=O)Sc1ccc(Sc2ccc(SC(=O)C(=C)C)cc2)cc1. The van der Waals surface area contributed by atoms with Gasteiger partial charge in [-0.1, -0.05) is 24.9 Å². The molecule has 128 valence electrons. The van der Waals surface area contributed by atoms with Crippen molar-refractivity contribution in [3.8, 4) is 0 Å². The Bertz CT molecular complexity index is 736. The topological polar surface area (TPSA) is 34.1 Å². The molecule has 25 heavy (non-hydrogen) atoms. The highest BCUT2D eigenvalue weighted by molar-refractivity contribution is 8.14. The largest absolute Gasteiger partial charge is 0.282 e. The molecule has 0 bridgehead atoms. The number of hydrogen-bond donors (Lipinski definition) is 0. The average Bonchev–Trinajstić information content (AvgIpc) is 2.58. The summed E-state index contributed by atoms with van der Waals surface area (Å²) in [5.74, 6) is 0. The van der Waals surface area contributed by atoms with Gasteiger partial charge in [-0.2, -0.15) is 0 Å². The van der Waals surface area contributed by atoms with E-state index in [9.17, 15) is 9.59 Å². The van der Waals surface area contributed by atoms with Crippen LogP contribution < -0.4 is 0 Å². The minimum Gasteiger partial charge on any atom is -0.282 e. The van der Waals surface area contributed by atoms with Crippen molar-refractivity contribution in [1.29, 1.82) is 0 Å². The van der Waals surface area contributed by atoms with E-state index in [-0.39, 0.29) is 10.2 Å². The lowest BCUT2D eigenvalue weighted by molar-refractivity contribution is -0.108. The van der Waals surface area contributed by atoms with Crippen LogP contribution in [0.1, 0.15) is 13.8 Å². The molecule has 0 saturated heterocycles. The van der Waals surface area contributed by atoms with E-state index < -0.39 is 0 Å². The number of hydrogen-bond acceptors (Lipinski definition) is 5. The van der Waals surface area contributed by atoms with E-state index in [2.05, 4.69) is 13.2 Å². The summed E-state index contributed by atoms with van der Waals surface area (Å²) in [5, 5.41) is -0.0319. The molecule has 0 N–H and O–H groups in total. The van der Waals surface area contributed by atoms with Crippen molar-refractivity contribution in [3.05, 3.63) is 72.8 Å². The number of rotatable bonds is 6. The summed E-state index contributed by atoms with van der Waals surface area (Å²) in [7, 11) is 0. The third kappa shape index (κ3) is 6.27. The van der Waals surface area contributed by atoms with Gasteiger partial charge in [0.25, 0.3) is 0 Å². The van der Waals surface area contributed by atoms with Crippen molar-refractivity contribution in [2.75, 3.05) is 0 Å². The summed E-state index contributed by atoms with van der Waals surface area (Å²) < 4.78 is 0. The second kappa shape index (κ2) is 9.13. The van der Waals surface area contributed by atoms with Crippen LogP contribution >= 0.6 is 35.3 Å². The molecule has 0 fully saturated rings. The van der Waals surface area contributed by atoms with Gasteiger partial charge in [0.2, 0.25) is 10.2 Å². The number of carbonyl (C=O) groups excluding carboxylic acids is 2. The molecule has 2 rings (SSSR count). The van der Waals surface area contributed by atoms with Gasteiger partial charge in [-0.15, -0.1) is 0 Å². The maximum absolute atomic E-state index is 11.7. The van der Waals surface area contributed by atoms with Gasteiger partial charge in [0.1, 0.15) is 0 Å². The molecule has 2 nitrogen and oxygen atoms in total. The fourth-order valence-corrected chi connectivity index (χ4v) is 3.81. The lowest BCUT2D eigenvalue weighted by Crippen LogP contribution is -1.90. The molecule has 0 radical (unpaired) electrons. The standard InChI is InChI=1S/C20H18O2S3/c1-13(2)19(21)24-17-9-5-15(6-10-17)23-16-7-11-18(12-8-16)25-20(22)14(3)4/h5-12H,1,3H2,2,4H3. The summed E-state index contributed by atoms with van der Waals surface area (Å²) in [6, 6.07) is 15.7. The van der Waals surface area contributed by atoms with E-state index in [1.54, 1.807) is 25.6 Å². The van der Waals surface area contributed by atoms with Crippen LogP contribution in [-0.4, -0.2) is 10.2 Å². The van der Waals surface area contributed by atoms with Gasteiger partial charge >= 0.3 is 0 Å². The highest BCUT2D eigenvalue weighted by Gasteiger charge is 2.07. The van der Waals surface area contributed by atoms with Crippen LogP contribution in [0, 0.1) is 0 Å². The molecule has 5 heteroatoms. The minimum atomic E-state index is -0.0159. The molecule has 0 amide bonds. The average molecular weight is 387 g/mol. The van der Waals surface area contributed by atoms with Crippen LogP contribution in [0.3, 0.4) is 0 Å². The molecule has 2 aromatic carbocycles. The maximum Gasteiger partial charge on any atom is 0.219 e. The Morgan fingerprint density at radius 2 is 0.920 bits per heavy atom. The first-order chi connectivity index (χ1) is 11.8. The van der Waals surface area contributed by atoms with E-state index in [0.717, 1.165) is 19.6 Å². The summed E-state index contributed by atoms with van der Waals surface area (Å²) >= 11 is 4.01. The Morgan fingerprint density at radius 3 is 1.20 bits per heavy atom. The zero-order valence-corrected chi connectivity index (χ0v) is 16.5. The fourth-order valence-electron chi connectivity index (χ4n) is 1.68. The monoisotopic (exact) mass is 386 g/mol. The molecule has 2 aromatic rings. The molecule has 0 aliphatic rings. The second-order valence-electron chi connectivity index (χ2n) is 5.38. The van der Waals surface area contributed by atoms with Gasteiger partial charge in [-0.05, 0) is 97.0 Å². The maximum atomic E-state index is 11.7. The highest BCUT2D eigenvalue weighted by Crippen LogP contribution is 2.32. The van der Waals surface area contributed by atoms with Gasteiger partial charge in [0.15, 0.2) is 0 Å². The first-order valence-electron chi connectivity index (χ1n) is 7.48. The molecule has 0 aliphatic carbocycles. The Kier molecular flexibility index (Phi) is 7.17. The zero-order chi connectivity index (χ0) is 18.4. The van der Waals surface area contributed by atoms with E-state index >= 15 is 0 Å². The van der Waals surface area contributed by atoms with E-state index in [1.165, 1.54) is 23.5 Å². The van der Waals surface area contributed by atoms with Gasteiger partial charge < -0.3 is 0 Å². The Hall–Kier alpha value is -1.69. The number of carbonyl (C=O) groups is 2. The van der Waals surface area contributed by atoms with Crippen LogP contribution in [0.2, 0.25) is 0 Å². The minimum absolute atomic E-state index is 0.0159. The molecule has 0 aliphatic heterocycles. The van der Waals surface area contributed by atoms with Crippen LogP contribution in [0.5, 0.6) is 0 Å². The predicted octanol–water partition coefficient (Wildman–Crippen LogP) is 6.23. The molecular formula is C20H18O2S3. The lowest BCUT2D eigenvalue weighted by Gasteiger charge is -2.05. The zero-order valence-electron chi connectivity index (χ0n) is 14.1. The van der Waals surface area contributed by atoms with Crippen LogP contribution in [0.4, 0.5) is 0 Å². The first-order valence-corrected chi connectivity index (χ1v) is 9.93. The lowest BCUT2D eigenvalue weighted by atomic mass is 10.4. The Morgan fingerprint density at radius 1 is 0.640 bits per heavy atom. The van der Waals surface area contributed by atoms with Crippen molar-refractivity contribution >= 4 is 45.5 Å². The van der Waals surface area contributed by atoms with Crippen molar-refractivity contribution in [3.63, 3.8) is 0 Å². The summed E-state index contributed by atoms with van der Waals surface area (Å²) in [4.78, 5) is 27.3. The van der Waals surface area contributed by atoms with Gasteiger partial charge in [0, 0.05) is 19.6 Å². The van der Waals surface area contributed by atoms with Gasteiger partial charge in [0.05, 0.1) is 0 Å². The van der Waals surface area contributed by atoms with E-state index in [4.69, 9.17) is 0 Å². The molecule has 0 saturated carbocycles. The van der Waals surface area contributed by atoms with Crippen LogP contribution in [0.25, 0.3) is 0 Å². The highest BCUT2D eigenvalue weighted by atomic mass is 32.2. The third-order valence-electron chi connectivity index (χ3n) is 3.00. The first kappa shape index (κ1) is 19.6.